The number of hydrogen-bond donors (Lipinski definition) is 2. The van der Waals surface area contributed by atoms with Crippen LogP contribution in [0.4, 0.5) is 4.79 Å². The molecule has 0 spiro atoms. The van der Waals surface area contributed by atoms with Crippen molar-refractivity contribution in [2.24, 2.45) is 0 Å². The lowest BCUT2D eigenvalue weighted by molar-refractivity contribution is -0.157. The standard InChI is InChI=1S/C25H28N2O6/c1-3-25(2,23(30)27-12-16(13-27)32-15-22(28)29)26-24(31)33-14-21-19-10-6-4-8-17(19)18-9-5-7-11-20(18)21/h4-11,16,21H,3,12-15H2,1-2H3,(H,26,31)(H,28,29). The molecule has 0 saturated carbocycles. The van der Waals surface area contributed by atoms with Crippen molar-refractivity contribution < 1.29 is 29.0 Å². The SMILES string of the molecule is CCC(C)(NC(=O)OCC1c2ccccc2-c2ccccc21)C(=O)N1CC(OCC(=O)O)C1. The zero-order valence-electron chi connectivity index (χ0n) is 18.7. The highest BCUT2D eigenvalue weighted by Gasteiger charge is 2.42. The van der Waals surface area contributed by atoms with Gasteiger partial charge in [-0.2, -0.15) is 0 Å². The maximum absolute atomic E-state index is 13.0. The molecule has 1 fully saturated rings. The van der Waals surface area contributed by atoms with E-state index in [0.29, 0.717) is 19.5 Å². The molecule has 1 aliphatic carbocycles. The average Bonchev–Trinajstić information content (AvgIpc) is 3.10. The van der Waals surface area contributed by atoms with Gasteiger partial charge in [0.15, 0.2) is 0 Å². The first-order valence-corrected chi connectivity index (χ1v) is 11.1. The zero-order valence-corrected chi connectivity index (χ0v) is 18.7. The number of carboxylic acid groups (broad SMARTS) is 1. The summed E-state index contributed by atoms with van der Waals surface area (Å²) in [7, 11) is 0. The number of carbonyl (C=O) groups excluding carboxylic acids is 2. The van der Waals surface area contributed by atoms with Gasteiger partial charge >= 0.3 is 12.1 Å². The number of alkyl carbamates (subject to hydrolysis) is 1. The van der Waals surface area contributed by atoms with E-state index in [9.17, 15) is 14.4 Å². The molecular formula is C25H28N2O6. The van der Waals surface area contributed by atoms with Gasteiger partial charge in [-0.15, -0.1) is 0 Å². The van der Waals surface area contributed by atoms with Crippen molar-refractivity contribution in [3.05, 3.63) is 59.7 Å². The maximum atomic E-state index is 13.0. The highest BCUT2D eigenvalue weighted by atomic mass is 16.5. The Hall–Kier alpha value is -3.39. The van der Waals surface area contributed by atoms with E-state index in [4.69, 9.17) is 14.6 Å². The molecule has 8 nitrogen and oxygen atoms in total. The number of carbonyl (C=O) groups is 3. The number of carboxylic acids is 1. The normalized spacial score (nSPS) is 16.8. The van der Waals surface area contributed by atoms with Crippen LogP contribution in [0.5, 0.6) is 0 Å². The van der Waals surface area contributed by atoms with Crippen LogP contribution in [-0.4, -0.2) is 65.9 Å². The molecule has 0 radical (unpaired) electrons. The minimum absolute atomic E-state index is 0.0609. The second-order valence-electron chi connectivity index (χ2n) is 8.67. The van der Waals surface area contributed by atoms with Crippen LogP contribution in [0.3, 0.4) is 0 Å². The van der Waals surface area contributed by atoms with E-state index in [1.165, 1.54) is 0 Å². The van der Waals surface area contributed by atoms with Crippen molar-refractivity contribution in [3.8, 4) is 11.1 Å². The average molecular weight is 453 g/mol. The van der Waals surface area contributed by atoms with E-state index < -0.39 is 24.2 Å². The van der Waals surface area contributed by atoms with Gasteiger partial charge in [0.05, 0.1) is 6.10 Å². The summed E-state index contributed by atoms with van der Waals surface area (Å²) in [5.41, 5.74) is 3.41. The van der Waals surface area contributed by atoms with Crippen molar-refractivity contribution >= 4 is 18.0 Å². The van der Waals surface area contributed by atoms with Crippen LogP contribution in [0, 0.1) is 0 Å². The number of aliphatic carboxylic acids is 1. The van der Waals surface area contributed by atoms with E-state index in [-0.39, 0.29) is 24.5 Å². The Labute approximate surface area is 192 Å². The third-order valence-corrected chi connectivity index (χ3v) is 6.48. The lowest BCUT2D eigenvalue weighted by atomic mass is 9.94. The molecule has 1 heterocycles. The Morgan fingerprint density at radius 2 is 1.64 bits per heavy atom. The second kappa shape index (κ2) is 9.23. The van der Waals surface area contributed by atoms with Crippen LogP contribution in [-0.2, 0) is 19.1 Å². The summed E-state index contributed by atoms with van der Waals surface area (Å²) < 4.78 is 10.8. The van der Waals surface area contributed by atoms with Crippen LogP contribution in [0.2, 0.25) is 0 Å². The summed E-state index contributed by atoms with van der Waals surface area (Å²) in [4.78, 5) is 37.8. The van der Waals surface area contributed by atoms with E-state index in [0.717, 1.165) is 22.3 Å². The first-order chi connectivity index (χ1) is 15.8. The lowest BCUT2D eigenvalue weighted by Gasteiger charge is -2.43. The quantitative estimate of drug-likeness (QED) is 0.638. The Bertz CT molecular complexity index is 1020. The minimum atomic E-state index is -1.12. The van der Waals surface area contributed by atoms with Gasteiger partial charge in [0.1, 0.15) is 18.8 Å². The van der Waals surface area contributed by atoms with Gasteiger partial charge in [-0.25, -0.2) is 9.59 Å². The predicted molar refractivity (Wildman–Crippen MR) is 121 cm³/mol. The molecule has 2 aromatic carbocycles. The Morgan fingerprint density at radius 1 is 1.06 bits per heavy atom. The molecular weight excluding hydrogens is 424 g/mol. The molecule has 2 N–H and O–H groups in total. The van der Waals surface area contributed by atoms with E-state index in [2.05, 4.69) is 17.4 Å². The fourth-order valence-corrected chi connectivity index (χ4v) is 4.40. The number of hydrogen-bond acceptors (Lipinski definition) is 5. The summed E-state index contributed by atoms with van der Waals surface area (Å²) in [5, 5.41) is 11.4. The van der Waals surface area contributed by atoms with Crippen molar-refractivity contribution in [3.63, 3.8) is 0 Å². The number of fused-ring (bicyclic) bond motifs is 3. The number of amides is 2. The fraction of sp³-hybridized carbons (Fsp3) is 0.400. The number of nitrogens with one attached hydrogen (secondary N) is 1. The molecule has 2 aromatic rings. The number of rotatable bonds is 8. The zero-order chi connectivity index (χ0) is 23.6. The number of nitrogens with zero attached hydrogens (tertiary/aromatic N) is 1. The molecule has 1 saturated heterocycles. The first-order valence-electron chi connectivity index (χ1n) is 11.1. The van der Waals surface area contributed by atoms with Crippen LogP contribution in [0.25, 0.3) is 11.1 Å². The molecule has 1 atom stereocenters. The molecule has 2 amide bonds. The third kappa shape index (κ3) is 4.57. The van der Waals surface area contributed by atoms with Crippen molar-refractivity contribution in [2.45, 2.75) is 37.8 Å². The number of benzene rings is 2. The molecule has 1 aliphatic heterocycles. The predicted octanol–water partition coefficient (Wildman–Crippen LogP) is 3.01. The molecule has 33 heavy (non-hydrogen) atoms. The second-order valence-corrected chi connectivity index (χ2v) is 8.67. The van der Waals surface area contributed by atoms with Crippen LogP contribution in [0.15, 0.2) is 48.5 Å². The van der Waals surface area contributed by atoms with E-state index >= 15 is 0 Å². The van der Waals surface area contributed by atoms with Gasteiger partial charge in [0, 0.05) is 19.0 Å². The lowest BCUT2D eigenvalue weighted by Crippen LogP contribution is -2.64. The van der Waals surface area contributed by atoms with Gasteiger partial charge < -0.3 is 24.8 Å². The highest BCUT2D eigenvalue weighted by molar-refractivity contribution is 5.90. The summed E-state index contributed by atoms with van der Waals surface area (Å²) in [5.74, 6) is -1.35. The largest absolute Gasteiger partial charge is 0.480 e. The van der Waals surface area contributed by atoms with E-state index in [1.807, 2.05) is 43.3 Å². The molecule has 1 unspecified atom stereocenters. The fourth-order valence-electron chi connectivity index (χ4n) is 4.40. The molecule has 0 aromatic heterocycles. The Kier molecular flexibility index (Phi) is 6.37. The van der Waals surface area contributed by atoms with Crippen LogP contribution < -0.4 is 5.32 Å². The van der Waals surface area contributed by atoms with Gasteiger partial charge in [0.25, 0.3) is 0 Å². The van der Waals surface area contributed by atoms with Gasteiger partial charge in [-0.1, -0.05) is 55.5 Å². The summed E-state index contributed by atoms with van der Waals surface area (Å²) in [6.45, 7) is 3.86. The van der Waals surface area contributed by atoms with Gasteiger partial charge in [0.2, 0.25) is 5.91 Å². The summed E-state index contributed by atoms with van der Waals surface area (Å²) >= 11 is 0. The molecule has 0 bridgehead atoms. The molecule has 2 aliphatic rings. The van der Waals surface area contributed by atoms with Gasteiger partial charge in [-0.05, 0) is 35.6 Å². The highest BCUT2D eigenvalue weighted by Crippen LogP contribution is 2.44. The monoisotopic (exact) mass is 452 g/mol. The van der Waals surface area contributed by atoms with E-state index in [1.54, 1.807) is 11.8 Å². The van der Waals surface area contributed by atoms with Crippen LogP contribution >= 0.6 is 0 Å². The molecule has 4 rings (SSSR count). The van der Waals surface area contributed by atoms with Crippen LogP contribution in [0.1, 0.15) is 37.3 Å². The third-order valence-electron chi connectivity index (χ3n) is 6.48. The van der Waals surface area contributed by atoms with Gasteiger partial charge in [-0.3, -0.25) is 4.79 Å². The van der Waals surface area contributed by atoms with Crippen molar-refractivity contribution in [2.75, 3.05) is 26.3 Å². The number of ether oxygens (including phenoxy) is 2. The minimum Gasteiger partial charge on any atom is -0.480 e. The Morgan fingerprint density at radius 3 is 2.18 bits per heavy atom. The smallest absolute Gasteiger partial charge is 0.408 e. The number of likely N-dealkylation sites (tertiary alicyclic amines) is 1. The first kappa shape index (κ1) is 22.8. The molecule has 8 heteroatoms. The van der Waals surface area contributed by atoms with Crippen molar-refractivity contribution in [1.29, 1.82) is 0 Å². The summed E-state index contributed by atoms with van der Waals surface area (Å²) in [6.07, 6.45) is -0.568. The summed E-state index contributed by atoms with van der Waals surface area (Å²) in [6, 6.07) is 16.2. The maximum Gasteiger partial charge on any atom is 0.408 e. The molecule has 174 valence electrons. The topological polar surface area (TPSA) is 105 Å². The Balaban J connectivity index is 1.35. The van der Waals surface area contributed by atoms with Crippen molar-refractivity contribution in [1.82, 2.24) is 10.2 Å².